The summed E-state index contributed by atoms with van der Waals surface area (Å²) in [5.41, 5.74) is 2.61. The van der Waals surface area contributed by atoms with Crippen molar-refractivity contribution in [2.75, 3.05) is 18.0 Å². The number of hydrogen-bond donors (Lipinski definition) is 1. The molecule has 116 valence electrons. The van der Waals surface area contributed by atoms with Crippen molar-refractivity contribution in [2.45, 2.75) is 53.1 Å². The summed E-state index contributed by atoms with van der Waals surface area (Å²) in [6.07, 6.45) is 0.462. The summed E-state index contributed by atoms with van der Waals surface area (Å²) in [7, 11) is 0. The number of aryl methyl sites for hydroxylation is 1. The average Bonchev–Trinajstić information content (AvgIpc) is 2.42. The Hall–Kier alpha value is -1.60. The summed E-state index contributed by atoms with van der Waals surface area (Å²) >= 11 is 0. The van der Waals surface area contributed by atoms with E-state index in [4.69, 9.17) is 5.26 Å². The molecule has 1 N–H and O–H groups in total. The Morgan fingerprint density at radius 3 is 2.52 bits per heavy atom. The van der Waals surface area contributed by atoms with Gasteiger partial charge in [0.1, 0.15) is 5.82 Å². The molecule has 3 nitrogen and oxygen atoms in total. The number of halogens is 1. The zero-order chi connectivity index (χ0) is 16.0. The molecule has 1 rings (SSSR count). The Kier molecular flexibility index (Phi) is 6.64. The predicted molar refractivity (Wildman–Crippen MR) is 85.9 cm³/mol. The van der Waals surface area contributed by atoms with Crippen molar-refractivity contribution in [1.29, 1.82) is 5.26 Å². The summed E-state index contributed by atoms with van der Waals surface area (Å²) < 4.78 is 14.0. The van der Waals surface area contributed by atoms with Crippen molar-refractivity contribution >= 4 is 5.69 Å². The maximum Gasteiger partial charge on any atom is 0.126 e. The third kappa shape index (κ3) is 4.44. The van der Waals surface area contributed by atoms with Gasteiger partial charge < -0.3 is 10.2 Å². The second-order valence-corrected chi connectivity index (χ2v) is 5.63. The highest BCUT2D eigenvalue weighted by Crippen LogP contribution is 2.30. The van der Waals surface area contributed by atoms with Crippen LogP contribution in [0.5, 0.6) is 0 Å². The lowest BCUT2D eigenvalue weighted by Crippen LogP contribution is -2.33. The molecule has 0 radical (unpaired) electrons. The van der Waals surface area contributed by atoms with Gasteiger partial charge in [-0.3, -0.25) is 0 Å². The van der Waals surface area contributed by atoms with Crippen LogP contribution in [-0.2, 0) is 0 Å². The summed E-state index contributed by atoms with van der Waals surface area (Å²) in [5, 5.41) is 12.2. The topological polar surface area (TPSA) is 39.1 Å². The number of nitrogens with zero attached hydrogens (tertiary/aromatic N) is 2. The van der Waals surface area contributed by atoms with Gasteiger partial charge in [0.2, 0.25) is 0 Å². The molecule has 0 aliphatic rings. The standard InChI is InChI=1S/C17H26FN3/c1-6-20-14(5)15-11-16(18)13(4)10-17(15)21(12(2)3)9-7-8-19/h10-12,14,20H,6-7,9H2,1-5H3. The molecule has 0 aromatic heterocycles. The lowest BCUT2D eigenvalue weighted by molar-refractivity contribution is 0.573. The Labute approximate surface area is 127 Å². The molecule has 0 spiro atoms. The van der Waals surface area contributed by atoms with Gasteiger partial charge in [-0.05, 0) is 57.5 Å². The molecule has 0 fully saturated rings. The molecule has 1 aromatic carbocycles. The zero-order valence-corrected chi connectivity index (χ0v) is 13.7. The fourth-order valence-corrected chi connectivity index (χ4v) is 2.52. The van der Waals surface area contributed by atoms with E-state index in [-0.39, 0.29) is 17.9 Å². The number of nitrogens with one attached hydrogen (secondary N) is 1. The monoisotopic (exact) mass is 291 g/mol. The molecule has 21 heavy (non-hydrogen) atoms. The van der Waals surface area contributed by atoms with E-state index in [1.807, 2.05) is 19.9 Å². The molecule has 4 heteroatoms. The van der Waals surface area contributed by atoms with Crippen LogP contribution in [0, 0.1) is 24.1 Å². The summed E-state index contributed by atoms with van der Waals surface area (Å²) in [5.74, 6) is -0.178. The van der Waals surface area contributed by atoms with Crippen LogP contribution in [-0.4, -0.2) is 19.1 Å². The fraction of sp³-hybridized carbons (Fsp3) is 0.588. The van der Waals surface area contributed by atoms with Crippen LogP contribution in [0.2, 0.25) is 0 Å². The molecule has 0 amide bonds. The van der Waals surface area contributed by atoms with Gasteiger partial charge >= 0.3 is 0 Å². The van der Waals surface area contributed by atoms with E-state index in [0.717, 1.165) is 17.8 Å². The van der Waals surface area contributed by atoms with Gasteiger partial charge in [-0.2, -0.15) is 5.26 Å². The zero-order valence-electron chi connectivity index (χ0n) is 13.7. The summed E-state index contributed by atoms with van der Waals surface area (Å²) in [6.45, 7) is 11.5. The van der Waals surface area contributed by atoms with Crippen LogP contribution in [0.15, 0.2) is 12.1 Å². The van der Waals surface area contributed by atoms with Crippen molar-refractivity contribution in [3.05, 3.63) is 29.1 Å². The van der Waals surface area contributed by atoms with Gasteiger partial charge in [0, 0.05) is 24.3 Å². The third-order valence-electron chi connectivity index (χ3n) is 3.68. The molecule has 1 aromatic rings. The highest BCUT2D eigenvalue weighted by Gasteiger charge is 2.19. The molecule has 0 aliphatic carbocycles. The van der Waals surface area contributed by atoms with Crippen LogP contribution in [0.3, 0.4) is 0 Å². The molecule has 0 saturated carbocycles. The third-order valence-corrected chi connectivity index (χ3v) is 3.68. The molecule has 1 unspecified atom stereocenters. The Bertz CT molecular complexity index is 505. The fourth-order valence-electron chi connectivity index (χ4n) is 2.52. The van der Waals surface area contributed by atoms with Gasteiger partial charge in [-0.1, -0.05) is 6.92 Å². The van der Waals surface area contributed by atoms with E-state index in [1.165, 1.54) is 0 Å². The normalized spacial score (nSPS) is 12.3. The summed E-state index contributed by atoms with van der Waals surface area (Å²) in [4.78, 5) is 2.18. The SMILES string of the molecule is CCNC(C)c1cc(F)c(C)cc1N(CCC#N)C(C)C. The minimum absolute atomic E-state index is 0.0726. The van der Waals surface area contributed by atoms with Crippen molar-refractivity contribution in [3.63, 3.8) is 0 Å². The highest BCUT2D eigenvalue weighted by atomic mass is 19.1. The van der Waals surface area contributed by atoms with E-state index in [0.29, 0.717) is 18.5 Å². The largest absolute Gasteiger partial charge is 0.368 e. The van der Waals surface area contributed by atoms with Gasteiger partial charge in [-0.25, -0.2) is 4.39 Å². The molecule has 1 atom stereocenters. The molecule has 0 aliphatic heterocycles. The number of anilines is 1. The summed E-state index contributed by atoms with van der Waals surface area (Å²) in [6, 6.07) is 6.05. The molecular formula is C17H26FN3. The Morgan fingerprint density at radius 1 is 1.33 bits per heavy atom. The van der Waals surface area contributed by atoms with Crippen LogP contribution in [0.25, 0.3) is 0 Å². The second kappa shape index (κ2) is 7.99. The quantitative estimate of drug-likeness (QED) is 0.827. The van der Waals surface area contributed by atoms with E-state index in [9.17, 15) is 4.39 Å². The number of rotatable bonds is 7. The Balaban J connectivity index is 3.29. The lowest BCUT2D eigenvalue weighted by Gasteiger charge is -2.32. The van der Waals surface area contributed by atoms with E-state index < -0.39 is 0 Å². The van der Waals surface area contributed by atoms with Gasteiger partial charge in [-0.15, -0.1) is 0 Å². The van der Waals surface area contributed by atoms with Crippen LogP contribution in [0.1, 0.15) is 51.3 Å². The first-order valence-electron chi connectivity index (χ1n) is 7.59. The number of benzene rings is 1. The number of hydrogen-bond acceptors (Lipinski definition) is 3. The lowest BCUT2D eigenvalue weighted by atomic mass is 10.0. The smallest absolute Gasteiger partial charge is 0.126 e. The van der Waals surface area contributed by atoms with E-state index in [2.05, 4.69) is 30.1 Å². The maximum atomic E-state index is 14.0. The van der Waals surface area contributed by atoms with Gasteiger partial charge in [0.25, 0.3) is 0 Å². The molecular weight excluding hydrogens is 265 g/mol. The molecule has 0 bridgehead atoms. The highest BCUT2D eigenvalue weighted by molar-refractivity contribution is 5.57. The van der Waals surface area contributed by atoms with Crippen molar-refractivity contribution in [3.8, 4) is 6.07 Å². The average molecular weight is 291 g/mol. The minimum Gasteiger partial charge on any atom is -0.368 e. The molecule has 0 saturated heterocycles. The van der Waals surface area contributed by atoms with Gasteiger partial charge in [0.05, 0.1) is 12.5 Å². The molecule has 0 heterocycles. The minimum atomic E-state index is -0.178. The van der Waals surface area contributed by atoms with Crippen molar-refractivity contribution in [1.82, 2.24) is 5.32 Å². The number of nitriles is 1. The van der Waals surface area contributed by atoms with Crippen molar-refractivity contribution < 1.29 is 4.39 Å². The van der Waals surface area contributed by atoms with Gasteiger partial charge in [0.15, 0.2) is 0 Å². The van der Waals surface area contributed by atoms with Crippen LogP contribution < -0.4 is 10.2 Å². The van der Waals surface area contributed by atoms with Crippen LogP contribution in [0.4, 0.5) is 10.1 Å². The maximum absolute atomic E-state index is 14.0. The first kappa shape index (κ1) is 17.5. The van der Waals surface area contributed by atoms with E-state index in [1.54, 1.807) is 13.0 Å². The Morgan fingerprint density at radius 2 is 2.00 bits per heavy atom. The first-order chi connectivity index (χ1) is 9.92. The first-order valence-corrected chi connectivity index (χ1v) is 7.59. The van der Waals surface area contributed by atoms with Crippen LogP contribution >= 0.6 is 0 Å². The predicted octanol–water partition coefficient (Wildman–Crippen LogP) is 3.93. The van der Waals surface area contributed by atoms with E-state index >= 15 is 0 Å². The van der Waals surface area contributed by atoms with Crippen molar-refractivity contribution in [2.24, 2.45) is 0 Å². The second-order valence-electron chi connectivity index (χ2n) is 5.63.